The van der Waals surface area contributed by atoms with Gasteiger partial charge < -0.3 is 10.4 Å². The third-order valence-electron chi connectivity index (χ3n) is 3.32. The number of carbonyl (C=O) groups excluding carboxylic acids is 1. The Balaban J connectivity index is 2.00. The summed E-state index contributed by atoms with van der Waals surface area (Å²) in [6.07, 6.45) is -0.0307. The molecule has 0 saturated carbocycles. The molecule has 0 aliphatic heterocycles. The molecule has 2 N–H and O–H groups in total. The van der Waals surface area contributed by atoms with E-state index in [9.17, 15) is 23.3 Å². The van der Waals surface area contributed by atoms with Gasteiger partial charge in [0.05, 0.1) is 16.4 Å². The predicted molar refractivity (Wildman–Crippen MR) is 87.6 cm³/mol. The zero-order chi connectivity index (χ0) is 17.5. The van der Waals surface area contributed by atoms with Gasteiger partial charge in [-0.3, -0.25) is 9.00 Å². The number of amides is 1. The van der Waals surface area contributed by atoms with Crippen molar-refractivity contribution in [1.29, 1.82) is 0 Å². The molecular weight excluding hydrogens is 333 g/mol. The van der Waals surface area contributed by atoms with Crippen LogP contribution in [0.4, 0.5) is 4.39 Å². The molecule has 2 aromatic rings. The molecule has 7 heteroatoms. The molecule has 0 bridgehead atoms. The summed E-state index contributed by atoms with van der Waals surface area (Å²) in [6, 6.07) is 12.7. The van der Waals surface area contributed by atoms with Crippen LogP contribution in [0.3, 0.4) is 0 Å². The first kappa shape index (κ1) is 17.8. The van der Waals surface area contributed by atoms with Crippen LogP contribution in [0.25, 0.3) is 0 Å². The molecular formula is C17H16FNO4S. The van der Waals surface area contributed by atoms with Crippen LogP contribution in [0.15, 0.2) is 59.5 Å². The van der Waals surface area contributed by atoms with Gasteiger partial charge in [0.15, 0.2) is 0 Å². The number of benzene rings is 2. The molecule has 24 heavy (non-hydrogen) atoms. The standard InChI is InChI=1S/C17H16FNO4S/c18-14-9-5-4-8-13(14)16(20)19-15(17(21)22)10-11-24(23)12-6-2-1-3-7-12/h1-9,15H,10-11H2,(H,19,20)(H,21,22)/t15-,24-/m0/s1. The van der Waals surface area contributed by atoms with Crippen molar-refractivity contribution in [3.05, 3.63) is 66.0 Å². The second kappa shape index (κ2) is 8.35. The van der Waals surface area contributed by atoms with E-state index in [2.05, 4.69) is 5.32 Å². The average molecular weight is 349 g/mol. The lowest BCUT2D eigenvalue weighted by atomic mass is 10.1. The smallest absolute Gasteiger partial charge is 0.326 e. The molecule has 2 atom stereocenters. The first-order valence-corrected chi connectivity index (χ1v) is 8.52. The minimum atomic E-state index is -1.37. The zero-order valence-corrected chi connectivity index (χ0v) is 13.5. The molecule has 1 amide bonds. The fraction of sp³-hybridized carbons (Fsp3) is 0.176. The number of nitrogens with one attached hydrogen (secondary N) is 1. The lowest BCUT2D eigenvalue weighted by Gasteiger charge is -2.14. The largest absolute Gasteiger partial charge is 0.480 e. The van der Waals surface area contributed by atoms with Crippen LogP contribution in [-0.2, 0) is 15.6 Å². The van der Waals surface area contributed by atoms with Crippen LogP contribution in [0.5, 0.6) is 0 Å². The SMILES string of the molecule is O=C(N[C@@H](CC[S@](=O)c1ccccc1)C(=O)O)c1ccccc1F. The van der Waals surface area contributed by atoms with E-state index in [0.717, 1.165) is 6.07 Å². The highest BCUT2D eigenvalue weighted by atomic mass is 32.2. The highest BCUT2D eigenvalue weighted by molar-refractivity contribution is 7.85. The van der Waals surface area contributed by atoms with E-state index in [4.69, 9.17) is 0 Å². The number of aliphatic carboxylic acids is 1. The molecule has 2 aromatic carbocycles. The minimum absolute atomic E-state index is 0.0307. The fourth-order valence-corrected chi connectivity index (χ4v) is 3.20. The van der Waals surface area contributed by atoms with Crippen molar-refractivity contribution < 1.29 is 23.3 Å². The van der Waals surface area contributed by atoms with Crippen molar-refractivity contribution in [2.75, 3.05) is 5.75 Å². The molecule has 126 valence electrons. The quantitative estimate of drug-likeness (QED) is 0.803. The van der Waals surface area contributed by atoms with Crippen LogP contribution in [0, 0.1) is 5.82 Å². The number of rotatable bonds is 7. The summed E-state index contributed by atoms with van der Waals surface area (Å²) in [6.45, 7) is 0. The maximum Gasteiger partial charge on any atom is 0.326 e. The Bertz CT molecular complexity index is 751. The maximum absolute atomic E-state index is 13.6. The van der Waals surface area contributed by atoms with Crippen LogP contribution >= 0.6 is 0 Å². The lowest BCUT2D eigenvalue weighted by Crippen LogP contribution is -2.41. The van der Waals surface area contributed by atoms with E-state index in [0.29, 0.717) is 4.90 Å². The summed E-state index contributed by atoms with van der Waals surface area (Å²) >= 11 is 0. The Labute approximate surface area is 141 Å². The number of halogens is 1. The fourth-order valence-electron chi connectivity index (χ4n) is 2.05. The summed E-state index contributed by atoms with van der Waals surface area (Å²) in [5, 5.41) is 11.5. The number of hydrogen-bond donors (Lipinski definition) is 2. The van der Waals surface area contributed by atoms with Gasteiger partial charge in [-0.25, -0.2) is 9.18 Å². The van der Waals surface area contributed by atoms with Crippen molar-refractivity contribution in [2.24, 2.45) is 0 Å². The predicted octanol–water partition coefficient (Wildman–Crippen LogP) is 2.21. The Kier molecular flexibility index (Phi) is 6.20. The summed E-state index contributed by atoms with van der Waals surface area (Å²) in [5.41, 5.74) is -0.229. The van der Waals surface area contributed by atoms with Gasteiger partial charge in [0, 0.05) is 10.6 Å². The third kappa shape index (κ3) is 4.73. The van der Waals surface area contributed by atoms with Crippen molar-refractivity contribution in [2.45, 2.75) is 17.4 Å². The first-order valence-electron chi connectivity index (χ1n) is 7.20. The van der Waals surface area contributed by atoms with E-state index in [-0.39, 0.29) is 17.7 Å². The first-order chi connectivity index (χ1) is 11.5. The van der Waals surface area contributed by atoms with Crippen molar-refractivity contribution >= 4 is 22.7 Å². The van der Waals surface area contributed by atoms with Crippen LogP contribution < -0.4 is 5.32 Å². The van der Waals surface area contributed by atoms with E-state index >= 15 is 0 Å². The highest BCUT2D eigenvalue weighted by Crippen LogP contribution is 2.10. The lowest BCUT2D eigenvalue weighted by molar-refractivity contribution is -0.139. The molecule has 0 unspecified atom stereocenters. The maximum atomic E-state index is 13.6. The van der Waals surface area contributed by atoms with Crippen molar-refractivity contribution in [3.8, 4) is 0 Å². The topological polar surface area (TPSA) is 83.5 Å². The highest BCUT2D eigenvalue weighted by Gasteiger charge is 2.23. The number of hydrogen-bond acceptors (Lipinski definition) is 3. The van der Waals surface area contributed by atoms with Crippen LogP contribution in [0.1, 0.15) is 16.8 Å². The molecule has 0 radical (unpaired) electrons. The van der Waals surface area contributed by atoms with Gasteiger partial charge in [0.2, 0.25) is 0 Å². The molecule has 0 aliphatic carbocycles. The summed E-state index contributed by atoms with van der Waals surface area (Å²) in [4.78, 5) is 23.9. The normalized spacial score (nSPS) is 13.0. The van der Waals surface area contributed by atoms with Crippen LogP contribution in [-0.4, -0.2) is 33.0 Å². The van der Waals surface area contributed by atoms with Gasteiger partial charge in [-0.15, -0.1) is 0 Å². The van der Waals surface area contributed by atoms with E-state index in [1.54, 1.807) is 30.3 Å². The number of carboxylic acid groups (broad SMARTS) is 1. The van der Waals surface area contributed by atoms with Gasteiger partial charge in [-0.1, -0.05) is 30.3 Å². The molecule has 5 nitrogen and oxygen atoms in total. The molecule has 0 aromatic heterocycles. The van der Waals surface area contributed by atoms with Gasteiger partial charge in [-0.2, -0.15) is 0 Å². The number of carboxylic acids is 1. The summed E-state index contributed by atoms with van der Waals surface area (Å²) in [7, 11) is -1.37. The van der Waals surface area contributed by atoms with Crippen molar-refractivity contribution in [1.82, 2.24) is 5.32 Å². The Morgan fingerprint density at radius 2 is 1.71 bits per heavy atom. The second-order valence-electron chi connectivity index (χ2n) is 5.00. The molecule has 0 fully saturated rings. The Hall–Kier alpha value is -2.54. The average Bonchev–Trinajstić information content (AvgIpc) is 2.59. The van der Waals surface area contributed by atoms with Crippen LogP contribution in [0.2, 0.25) is 0 Å². The molecule has 0 heterocycles. The zero-order valence-electron chi connectivity index (χ0n) is 12.6. The number of carbonyl (C=O) groups is 2. The Morgan fingerprint density at radius 3 is 2.33 bits per heavy atom. The second-order valence-corrected chi connectivity index (χ2v) is 6.57. The van der Waals surface area contributed by atoms with Gasteiger partial charge in [-0.05, 0) is 30.7 Å². The summed E-state index contributed by atoms with van der Waals surface area (Å²) in [5.74, 6) is -2.74. The van der Waals surface area contributed by atoms with E-state index in [1.807, 2.05) is 0 Å². The molecule has 2 rings (SSSR count). The van der Waals surface area contributed by atoms with Crippen molar-refractivity contribution in [3.63, 3.8) is 0 Å². The van der Waals surface area contributed by atoms with Gasteiger partial charge in [0.1, 0.15) is 11.9 Å². The molecule has 0 saturated heterocycles. The monoisotopic (exact) mass is 349 g/mol. The Morgan fingerprint density at radius 1 is 1.08 bits per heavy atom. The summed E-state index contributed by atoms with van der Waals surface area (Å²) < 4.78 is 25.7. The molecule has 0 aliphatic rings. The third-order valence-corrected chi connectivity index (χ3v) is 4.72. The van der Waals surface area contributed by atoms with Gasteiger partial charge >= 0.3 is 5.97 Å². The molecule has 0 spiro atoms. The van der Waals surface area contributed by atoms with E-state index < -0.39 is 34.5 Å². The minimum Gasteiger partial charge on any atom is -0.480 e. The van der Waals surface area contributed by atoms with E-state index in [1.165, 1.54) is 18.2 Å². The van der Waals surface area contributed by atoms with Gasteiger partial charge in [0.25, 0.3) is 5.91 Å².